The predicted octanol–water partition coefficient (Wildman–Crippen LogP) is 4.69. The number of aryl methyl sites for hydroxylation is 1. The van der Waals surface area contributed by atoms with Crippen LogP contribution in [0, 0.1) is 18.3 Å². The van der Waals surface area contributed by atoms with Crippen molar-refractivity contribution in [3.63, 3.8) is 0 Å². The van der Waals surface area contributed by atoms with E-state index in [0.29, 0.717) is 5.56 Å². The fourth-order valence-electron chi connectivity index (χ4n) is 5.10. The maximum absolute atomic E-state index is 13.6. The molecule has 1 unspecified atom stereocenters. The number of methoxy groups -OCH3 is 1. The Balaban J connectivity index is 1.38. The molecule has 2 saturated heterocycles. The third-order valence-electron chi connectivity index (χ3n) is 6.82. The molecular formula is C28H29N5O2. The summed E-state index contributed by atoms with van der Waals surface area (Å²) in [5, 5.41) is 9.11. The summed E-state index contributed by atoms with van der Waals surface area (Å²) in [5.41, 5.74) is 5.34. The van der Waals surface area contributed by atoms with E-state index in [1.807, 2.05) is 71.1 Å². The number of likely N-dealkylation sites (tertiary alicyclic amines) is 1. The summed E-state index contributed by atoms with van der Waals surface area (Å²) < 4.78 is 7.59. The molecule has 0 aliphatic carbocycles. The summed E-state index contributed by atoms with van der Waals surface area (Å²) in [6, 6.07) is 15.8. The number of benzene rings is 2. The van der Waals surface area contributed by atoms with Gasteiger partial charge < -0.3 is 19.1 Å². The maximum atomic E-state index is 13.6. The van der Waals surface area contributed by atoms with Gasteiger partial charge in [0.2, 0.25) is 0 Å². The normalized spacial score (nSPS) is 19.3. The van der Waals surface area contributed by atoms with Crippen molar-refractivity contribution in [2.45, 2.75) is 38.8 Å². The molecule has 2 aromatic carbocycles. The Labute approximate surface area is 205 Å². The number of carbonyl (C=O) groups is 1. The van der Waals surface area contributed by atoms with Crippen molar-refractivity contribution in [2.24, 2.45) is 0 Å². The minimum atomic E-state index is 0.0422. The van der Waals surface area contributed by atoms with Gasteiger partial charge in [-0.3, -0.25) is 4.79 Å². The number of hydrogen-bond acceptors (Lipinski definition) is 5. The second-order valence-electron chi connectivity index (χ2n) is 9.10. The van der Waals surface area contributed by atoms with E-state index in [-0.39, 0.29) is 12.1 Å². The molecule has 0 bridgehead atoms. The van der Waals surface area contributed by atoms with Crippen LogP contribution in [0.5, 0.6) is 5.75 Å². The number of imidazole rings is 1. The average Bonchev–Trinajstić information content (AvgIpc) is 3.54. The third-order valence-corrected chi connectivity index (χ3v) is 6.82. The zero-order valence-electron chi connectivity index (χ0n) is 20.1. The van der Waals surface area contributed by atoms with Gasteiger partial charge in [-0.2, -0.15) is 5.26 Å². The molecule has 35 heavy (non-hydrogen) atoms. The van der Waals surface area contributed by atoms with E-state index >= 15 is 0 Å². The number of carbonyl (C=O) groups excluding carboxylic acids is 1. The Kier molecular flexibility index (Phi) is 6.28. The van der Waals surface area contributed by atoms with Gasteiger partial charge in [0.15, 0.2) is 0 Å². The van der Waals surface area contributed by atoms with Gasteiger partial charge in [0.05, 0.1) is 36.5 Å². The van der Waals surface area contributed by atoms with E-state index < -0.39 is 0 Å². The molecule has 7 heteroatoms. The number of piperidine rings is 1. The molecule has 7 nitrogen and oxygen atoms in total. The van der Waals surface area contributed by atoms with Crippen LogP contribution < -0.4 is 9.64 Å². The number of rotatable bonds is 5. The highest BCUT2D eigenvalue weighted by Crippen LogP contribution is 2.32. The Morgan fingerprint density at radius 1 is 1.11 bits per heavy atom. The Morgan fingerprint density at radius 3 is 2.63 bits per heavy atom. The average molecular weight is 468 g/mol. The fourth-order valence-corrected chi connectivity index (χ4v) is 5.10. The first-order valence-electron chi connectivity index (χ1n) is 12.0. The second-order valence-corrected chi connectivity index (χ2v) is 9.10. The molecule has 0 N–H and O–H groups in total. The van der Waals surface area contributed by atoms with Crippen LogP contribution in [0.4, 0.5) is 5.69 Å². The Hall–Kier alpha value is -4.05. The lowest BCUT2D eigenvalue weighted by Crippen LogP contribution is -2.50. The van der Waals surface area contributed by atoms with Gasteiger partial charge in [-0.25, -0.2) is 4.98 Å². The molecular weight excluding hydrogens is 438 g/mol. The molecule has 2 aliphatic heterocycles. The smallest absolute Gasteiger partial charge is 0.251 e. The van der Waals surface area contributed by atoms with E-state index in [2.05, 4.69) is 16.0 Å². The molecule has 1 atom stereocenters. The lowest BCUT2D eigenvalue weighted by Gasteiger charge is -2.39. The van der Waals surface area contributed by atoms with E-state index in [1.54, 1.807) is 13.4 Å². The zero-order chi connectivity index (χ0) is 24.4. The van der Waals surface area contributed by atoms with E-state index in [1.165, 1.54) is 0 Å². The van der Waals surface area contributed by atoms with Crippen LogP contribution in [0.15, 0.2) is 60.6 Å². The minimum absolute atomic E-state index is 0.0422. The predicted molar refractivity (Wildman–Crippen MR) is 135 cm³/mol. The fraction of sp³-hybridized carbons (Fsp3) is 0.321. The molecule has 0 saturated carbocycles. The molecule has 1 amide bonds. The summed E-state index contributed by atoms with van der Waals surface area (Å²) in [6.45, 7) is 3.62. The van der Waals surface area contributed by atoms with Crippen LogP contribution in [-0.4, -0.2) is 46.7 Å². The topological polar surface area (TPSA) is 74.4 Å². The molecule has 178 valence electrons. The second kappa shape index (κ2) is 9.67. The minimum Gasteiger partial charge on any atom is -0.495 e. The zero-order valence-corrected chi connectivity index (χ0v) is 20.1. The number of ether oxygens (including phenoxy) is 1. The molecule has 2 aliphatic rings. The lowest BCUT2D eigenvalue weighted by atomic mass is 9.99. The number of anilines is 1. The van der Waals surface area contributed by atoms with Crippen molar-refractivity contribution in [2.75, 3.05) is 25.1 Å². The van der Waals surface area contributed by atoms with Gasteiger partial charge in [0.1, 0.15) is 11.9 Å². The van der Waals surface area contributed by atoms with Gasteiger partial charge in [-0.15, -0.1) is 0 Å². The summed E-state index contributed by atoms with van der Waals surface area (Å²) >= 11 is 0. The van der Waals surface area contributed by atoms with Crippen molar-refractivity contribution < 1.29 is 9.53 Å². The highest BCUT2D eigenvalue weighted by atomic mass is 16.5. The van der Waals surface area contributed by atoms with Crippen molar-refractivity contribution >= 4 is 17.7 Å². The van der Waals surface area contributed by atoms with Gasteiger partial charge in [-0.05, 0) is 80.6 Å². The lowest BCUT2D eigenvalue weighted by molar-refractivity contribution is -0.130. The van der Waals surface area contributed by atoms with Crippen LogP contribution in [0.2, 0.25) is 0 Å². The SMILES string of the molecule is COc1cc(C=C2CCCN(C3CCCN3c3ccc(C#N)cc3)C2=O)ccc1-n1cnc(C)c1. The first-order valence-corrected chi connectivity index (χ1v) is 12.0. The molecule has 2 fully saturated rings. The first-order chi connectivity index (χ1) is 17.1. The van der Waals surface area contributed by atoms with Gasteiger partial charge in [0, 0.05) is 30.5 Å². The summed E-state index contributed by atoms with van der Waals surface area (Å²) in [4.78, 5) is 22.2. The van der Waals surface area contributed by atoms with Gasteiger partial charge in [-0.1, -0.05) is 6.07 Å². The van der Waals surface area contributed by atoms with Crippen molar-refractivity contribution in [3.8, 4) is 17.5 Å². The highest BCUT2D eigenvalue weighted by Gasteiger charge is 2.35. The standard InChI is InChI=1S/C28H29N5O2/c1-20-18-31(19-30-20)25-12-9-22(16-26(25)35-2)15-23-5-3-14-33(28(23)34)27-6-4-13-32(27)24-10-7-21(17-29)8-11-24/h7-12,15-16,18-19,27H,3-6,13-14H2,1-2H3. The van der Waals surface area contributed by atoms with E-state index in [9.17, 15) is 4.79 Å². The molecule has 3 aromatic rings. The Morgan fingerprint density at radius 2 is 1.91 bits per heavy atom. The van der Waals surface area contributed by atoms with Crippen LogP contribution in [0.1, 0.15) is 42.5 Å². The quantitative estimate of drug-likeness (QED) is 0.509. The van der Waals surface area contributed by atoms with Crippen LogP contribution >= 0.6 is 0 Å². The number of amides is 1. The molecule has 3 heterocycles. The summed E-state index contributed by atoms with van der Waals surface area (Å²) in [7, 11) is 1.66. The van der Waals surface area contributed by atoms with E-state index in [0.717, 1.165) is 72.7 Å². The number of nitriles is 1. The largest absolute Gasteiger partial charge is 0.495 e. The van der Waals surface area contributed by atoms with Crippen LogP contribution in [0.3, 0.4) is 0 Å². The number of nitrogens with zero attached hydrogens (tertiary/aromatic N) is 5. The van der Waals surface area contributed by atoms with Gasteiger partial charge >= 0.3 is 0 Å². The molecule has 0 spiro atoms. The van der Waals surface area contributed by atoms with Crippen LogP contribution in [0.25, 0.3) is 11.8 Å². The van der Waals surface area contributed by atoms with Crippen LogP contribution in [-0.2, 0) is 4.79 Å². The maximum Gasteiger partial charge on any atom is 0.251 e. The monoisotopic (exact) mass is 467 g/mol. The summed E-state index contributed by atoms with van der Waals surface area (Å²) in [5.74, 6) is 0.842. The molecule has 1 aromatic heterocycles. The van der Waals surface area contributed by atoms with Gasteiger partial charge in [0.25, 0.3) is 5.91 Å². The Bertz CT molecular complexity index is 1300. The van der Waals surface area contributed by atoms with E-state index in [4.69, 9.17) is 10.00 Å². The summed E-state index contributed by atoms with van der Waals surface area (Å²) in [6.07, 6.45) is 9.48. The van der Waals surface area contributed by atoms with Crippen molar-refractivity contribution in [3.05, 3.63) is 77.4 Å². The van der Waals surface area contributed by atoms with Crippen molar-refractivity contribution in [1.29, 1.82) is 5.26 Å². The number of aromatic nitrogens is 2. The molecule has 5 rings (SSSR count). The third kappa shape index (κ3) is 4.52. The molecule has 0 radical (unpaired) electrons. The first kappa shape index (κ1) is 22.7. The highest BCUT2D eigenvalue weighted by molar-refractivity contribution is 5.99. The van der Waals surface area contributed by atoms with Crippen molar-refractivity contribution in [1.82, 2.24) is 14.5 Å². The number of hydrogen-bond donors (Lipinski definition) is 0.